The summed E-state index contributed by atoms with van der Waals surface area (Å²) in [7, 11) is 0. The second kappa shape index (κ2) is 7.24. The Bertz CT molecular complexity index is 772. The van der Waals surface area contributed by atoms with Crippen LogP contribution >= 0.6 is 0 Å². The standard InChI is InChI=1S/C23H28N2O/c1-16-12-17(2)14-20(13-16)19-7-5-18(6-8-19)15-25-11-3-4-22(25)23(26)24-21-9-10-21/h5-8,12-14,21-22H,3-4,9-11,15H2,1-2H3,(H,24,26). The van der Waals surface area contributed by atoms with Crippen molar-refractivity contribution in [3.8, 4) is 11.1 Å². The summed E-state index contributed by atoms with van der Waals surface area (Å²) in [6.45, 7) is 6.16. The number of aryl methyl sites for hydroxylation is 2. The van der Waals surface area contributed by atoms with E-state index >= 15 is 0 Å². The average Bonchev–Trinajstić information content (AvgIpc) is 3.30. The van der Waals surface area contributed by atoms with E-state index in [2.05, 4.69) is 66.5 Å². The fraction of sp³-hybridized carbons (Fsp3) is 0.435. The lowest BCUT2D eigenvalue weighted by molar-refractivity contribution is -0.125. The molecule has 1 atom stereocenters. The second-order valence-electron chi connectivity index (χ2n) is 7.98. The normalized spacial score (nSPS) is 20.3. The molecule has 1 aliphatic carbocycles. The maximum absolute atomic E-state index is 12.4. The number of hydrogen-bond donors (Lipinski definition) is 1. The molecule has 0 spiro atoms. The molecule has 4 rings (SSSR count). The van der Waals surface area contributed by atoms with Gasteiger partial charge in [-0.2, -0.15) is 0 Å². The minimum atomic E-state index is 0.0506. The number of carbonyl (C=O) groups excluding carboxylic acids is 1. The van der Waals surface area contributed by atoms with E-state index in [0.29, 0.717) is 6.04 Å². The first kappa shape index (κ1) is 17.3. The highest BCUT2D eigenvalue weighted by Crippen LogP contribution is 2.26. The summed E-state index contributed by atoms with van der Waals surface area (Å²) in [5.74, 6) is 0.233. The molecule has 1 heterocycles. The predicted molar refractivity (Wildman–Crippen MR) is 106 cm³/mol. The molecule has 2 aliphatic rings. The molecule has 2 fully saturated rings. The van der Waals surface area contributed by atoms with Crippen molar-refractivity contribution in [3.05, 3.63) is 59.2 Å². The van der Waals surface area contributed by atoms with E-state index in [4.69, 9.17) is 0 Å². The Hall–Kier alpha value is -2.13. The first-order valence-electron chi connectivity index (χ1n) is 9.80. The summed E-state index contributed by atoms with van der Waals surface area (Å²) in [5, 5.41) is 3.17. The average molecular weight is 348 g/mol. The van der Waals surface area contributed by atoms with Crippen LogP contribution in [-0.2, 0) is 11.3 Å². The van der Waals surface area contributed by atoms with E-state index in [-0.39, 0.29) is 11.9 Å². The Kier molecular flexibility index (Phi) is 4.82. The van der Waals surface area contributed by atoms with Gasteiger partial charge in [0.2, 0.25) is 5.91 Å². The van der Waals surface area contributed by atoms with Crippen molar-refractivity contribution in [2.75, 3.05) is 6.54 Å². The monoisotopic (exact) mass is 348 g/mol. The molecule has 0 radical (unpaired) electrons. The van der Waals surface area contributed by atoms with Crippen LogP contribution in [0.1, 0.15) is 42.4 Å². The zero-order valence-corrected chi connectivity index (χ0v) is 15.8. The minimum absolute atomic E-state index is 0.0506. The van der Waals surface area contributed by atoms with Gasteiger partial charge in [0.1, 0.15) is 0 Å². The molecular weight excluding hydrogens is 320 g/mol. The molecule has 1 aliphatic heterocycles. The minimum Gasteiger partial charge on any atom is -0.352 e. The Labute approximate surface area is 156 Å². The van der Waals surface area contributed by atoms with Gasteiger partial charge < -0.3 is 5.32 Å². The summed E-state index contributed by atoms with van der Waals surface area (Å²) in [6, 6.07) is 16.0. The smallest absolute Gasteiger partial charge is 0.237 e. The van der Waals surface area contributed by atoms with Crippen molar-refractivity contribution in [2.24, 2.45) is 0 Å². The molecule has 136 valence electrons. The number of benzene rings is 2. The van der Waals surface area contributed by atoms with Crippen molar-refractivity contribution in [3.63, 3.8) is 0 Å². The summed E-state index contributed by atoms with van der Waals surface area (Å²) in [5.41, 5.74) is 6.41. The lowest BCUT2D eigenvalue weighted by Gasteiger charge is -2.23. The van der Waals surface area contributed by atoms with Crippen molar-refractivity contribution in [1.29, 1.82) is 0 Å². The zero-order valence-electron chi connectivity index (χ0n) is 15.8. The second-order valence-corrected chi connectivity index (χ2v) is 7.98. The Morgan fingerprint density at radius 2 is 1.69 bits per heavy atom. The van der Waals surface area contributed by atoms with Crippen molar-refractivity contribution >= 4 is 5.91 Å². The zero-order chi connectivity index (χ0) is 18.1. The third-order valence-electron chi connectivity index (χ3n) is 5.48. The number of hydrogen-bond acceptors (Lipinski definition) is 2. The first-order chi connectivity index (χ1) is 12.6. The van der Waals surface area contributed by atoms with E-state index in [1.807, 2.05) is 0 Å². The van der Waals surface area contributed by atoms with Gasteiger partial charge in [0.25, 0.3) is 0 Å². The Morgan fingerprint density at radius 3 is 2.35 bits per heavy atom. The summed E-state index contributed by atoms with van der Waals surface area (Å²) < 4.78 is 0. The fourth-order valence-electron chi connectivity index (χ4n) is 4.02. The number of amides is 1. The van der Waals surface area contributed by atoms with Gasteiger partial charge in [-0.3, -0.25) is 9.69 Å². The molecule has 3 heteroatoms. The molecule has 1 unspecified atom stereocenters. The highest BCUT2D eigenvalue weighted by Gasteiger charge is 2.33. The van der Waals surface area contributed by atoms with Gasteiger partial charge >= 0.3 is 0 Å². The fourth-order valence-corrected chi connectivity index (χ4v) is 4.02. The molecule has 1 saturated carbocycles. The van der Waals surface area contributed by atoms with Crippen LogP contribution in [0.4, 0.5) is 0 Å². The number of nitrogens with zero attached hydrogens (tertiary/aromatic N) is 1. The van der Waals surface area contributed by atoms with Crippen molar-refractivity contribution in [1.82, 2.24) is 10.2 Å². The van der Waals surface area contributed by atoms with Crippen LogP contribution in [0.3, 0.4) is 0 Å². The Balaban J connectivity index is 1.44. The van der Waals surface area contributed by atoms with Gasteiger partial charge in [-0.15, -0.1) is 0 Å². The van der Waals surface area contributed by atoms with E-state index in [0.717, 1.165) is 38.8 Å². The third-order valence-corrected chi connectivity index (χ3v) is 5.48. The van der Waals surface area contributed by atoms with Gasteiger partial charge in [-0.05, 0) is 62.8 Å². The number of rotatable bonds is 5. The third kappa shape index (κ3) is 3.99. The van der Waals surface area contributed by atoms with Crippen LogP contribution in [0.2, 0.25) is 0 Å². The molecule has 0 bridgehead atoms. The van der Waals surface area contributed by atoms with E-state index < -0.39 is 0 Å². The molecule has 1 N–H and O–H groups in total. The Morgan fingerprint density at radius 1 is 1.00 bits per heavy atom. The van der Waals surface area contributed by atoms with E-state index in [1.54, 1.807) is 0 Å². The lowest BCUT2D eigenvalue weighted by Crippen LogP contribution is -2.43. The van der Waals surface area contributed by atoms with Gasteiger partial charge in [0.05, 0.1) is 6.04 Å². The molecule has 3 nitrogen and oxygen atoms in total. The maximum atomic E-state index is 12.4. The molecule has 1 saturated heterocycles. The summed E-state index contributed by atoms with van der Waals surface area (Å²) >= 11 is 0. The van der Waals surface area contributed by atoms with Gasteiger partial charge in [0.15, 0.2) is 0 Å². The SMILES string of the molecule is Cc1cc(C)cc(-c2ccc(CN3CCCC3C(=O)NC3CC3)cc2)c1. The van der Waals surface area contributed by atoms with E-state index in [1.165, 1.54) is 27.8 Å². The van der Waals surface area contributed by atoms with Gasteiger partial charge in [0, 0.05) is 12.6 Å². The van der Waals surface area contributed by atoms with Crippen LogP contribution in [0.25, 0.3) is 11.1 Å². The van der Waals surface area contributed by atoms with Crippen LogP contribution in [0.15, 0.2) is 42.5 Å². The van der Waals surface area contributed by atoms with E-state index in [9.17, 15) is 4.79 Å². The number of nitrogens with one attached hydrogen (secondary N) is 1. The van der Waals surface area contributed by atoms with Gasteiger partial charge in [-0.25, -0.2) is 0 Å². The molecule has 1 amide bonds. The molecular formula is C23H28N2O. The van der Waals surface area contributed by atoms with Crippen LogP contribution < -0.4 is 5.32 Å². The lowest BCUT2D eigenvalue weighted by atomic mass is 9.99. The topological polar surface area (TPSA) is 32.3 Å². The summed E-state index contributed by atoms with van der Waals surface area (Å²) in [6.07, 6.45) is 4.40. The summed E-state index contributed by atoms with van der Waals surface area (Å²) in [4.78, 5) is 14.8. The highest BCUT2D eigenvalue weighted by molar-refractivity contribution is 5.82. The number of carbonyl (C=O) groups is 1. The van der Waals surface area contributed by atoms with Crippen molar-refractivity contribution < 1.29 is 4.79 Å². The van der Waals surface area contributed by atoms with Crippen molar-refractivity contribution in [2.45, 2.75) is 58.2 Å². The highest BCUT2D eigenvalue weighted by atomic mass is 16.2. The molecule has 2 aromatic rings. The first-order valence-corrected chi connectivity index (χ1v) is 9.80. The predicted octanol–water partition coefficient (Wildman–Crippen LogP) is 4.21. The van der Waals surface area contributed by atoms with Crippen LogP contribution in [0, 0.1) is 13.8 Å². The quantitative estimate of drug-likeness (QED) is 0.878. The van der Waals surface area contributed by atoms with Crippen LogP contribution in [0.5, 0.6) is 0 Å². The number of likely N-dealkylation sites (tertiary alicyclic amines) is 1. The molecule has 2 aromatic carbocycles. The maximum Gasteiger partial charge on any atom is 0.237 e. The largest absolute Gasteiger partial charge is 0.352 e. The van der Waals surface area contributed by atoms with Crippen LogP contribution in [-0.4, -0.2) is 29.4 Å². The molecule has 0 aromatic heterocycles. The molecule has 26 heavy (non-hydrogen) atoms. The van der Waals surface area contributed by atoms with Gasteiger partial charge in [-0.1, -0.05) is 53.6 Å².